The number of hydrogen-bond donors (Lipinski definition) is 1. The summed E-state index contributed by atoms with van der Waals surface area (Å²) in [5.74, 6) is 1.45. The minimum absolute atomic E-state index is 0.414. The maximum atomic E-state index is 5.59. The average Bonchev–Trinajstić information content (AvgIpc) is 2.63. The molecule has 0 unspecified atom stereocenters. The summed E-state index contributed by atoms with van der Waals surface area (Å²) in [5, 5.41) is 3.25. The zero-order chi connectivity index (χ0) is 11.5. The van der Waals surface area contributed by atoms with Crippen molar-refractivity contribution >= 4 is 0 Å². The van der Waals surface area contributed by atoms with E-state index in [1.54, 1.807) is 13.3 Å². The molecule has 0 aliphatic carbocycles. The maximum Gasteiger partial charge on any atom is 0.208 e. The van der Waals surface area contributed by atoms with E-state index < -0.39 is 5.60 Å². The highest BCUT2D eigenvalue weighted by atomic mass is 16.5. The highest BCUT2D eigenvalue weighted by Crippen LogP contribution is 2.24. The van der Waals surface area contributed by atoms with Crippen LogP contribution in [0.2, 0.25) is 0 Å². The molecule has 0 amide bonds. The number of nitrogens with zero attached hydrogens (tertiary/aromatic N) is 1. The number of rotatable bonds is 5. The molecule has 86 valence electrons. The first-order valence-electron chi connectivity index (χ1n) is 5.19. The Kier molecular flexibility index (Phi) is 3.88. The van der Waals surface area contributed by atoms with Crippen LogP contribution in [0.1, 0.15) is 39.3 Å². The largest absolute Gasteiger partial charge is 0.441 e. The van der Waals surface area contributed by atoms with Crippen molar-refractivity contribution in [1.29, 1.82) is 0 Å². The molecule has 0 fully saturated rings. The van der Waals surface area contributed by atoms with Crippen LogP contribution in [-0.4, -0.2) is 18.1 Å². The van der Waals surface area contributed by atoms with Gasteiger partial charge in [0.15, 0.2) is 5.76 Å². The SMILES string of the molecule is COC(C)(C)c1cnc(CNC(C)C)o1. The van der Waals surface area contributed by atoms with E-state index in [0.29, 0.717) is 18.5 Å². The minimum Gasteiger partial charge on any atom is -0.441 e. The Hall–Kier alpha value is -0.870. The summed E-state index contributed by atoms with van der Waals surface area (Å²) in [5.41, 5.74) is -0.414. The van der Waals surface area contributed by atoms with E-state index in [1.165, 1.54) is 0 Å². The quantitative estimate of drug-likeness (QED) is 0.811. The Morgan fingerprint density at radius 1 is 1.53 bits per heavy atom. The van der Waals surface area contributed by atoms with Crippen LogP contribution in [0.25, 0.3) is 0 Å². The highest BCUT2D eigenvalue weighted by Gasteiger charge is 2.24. The van der Waals surface area contributed by atoms with Crippen molar-refractivity contribution in [3.63, 3.8) is 0 Å². The van der Waals surface area contributed by atoms with Crippen molar-refractivity contribution in [1.82, 2.24) is 10.3 Å². The summed E-state index contributed by atoms with van der Waals surface area (Å²) in [4.78, 5) is 4.19. The minimum atomic E-state index is -0.414. The van der Waals surface area contributed by atoms with Crippen LogP contribution in [0.4, 0.5) is 0 Å². The molecule has 1 aromatic rings. The van der Waals surface area contributed by atoms with Crippen molar-refractivity contribution in [2.75, 3.05) is 7.11 Å². The molecule has 1 rings (SSSR count). The Balaban J connectivity index is 2.64. The van der Waals surface area contributed by atoms with Gasteiger partial charge in [0.2, 0.25) is 5.89 Å². The number of ether oxygens (including phenoxy) is 1. The third-order valence-electron chi connectivity index (χ3n) is 2.32. The lowest BCUT2D eigenvalue weighted by molar-refractivity contribution is 0.0000133. The molecule has 1 aromatic heterocycles. The lowest BCUT2D eigenvalue weighted by Gasteiger charge is -2.18. The summed E-state index contributed by atoms with van der Waals surface area (Å²) < 4.78 is 10.9. The van der Waals surface area contributed by atoms with Crippen LogP contribution < -0.4 is 5.32 Å². The van der Waals surface area contributed by atoms with E-state index in [9.17, 15) is 0 Å². The molecule has 0 aromatic carbocycles. The Morgan fingerprint density at radius 2 is 2.20 bits per heavy atom. The summed E-state index contributed by atoms with van der Waals surface area (Å²) in [6, 6.07) is 0.427. The summed E-state index contributed by atoms with van der Waals surface area (Å²) in [7, 11) is 1.66. The van der Waals surface area contributed by atoms with Gasteiger partial charge in [0.25, 0.3) is 0 Å². The first kappa shape index (κ1) is 12.2. The lowest BCUT2D eigenvalue weighted by atomic mass is 10.1. The third kappa shape index (κ3) is 3.32. The molecule has 15 heavy (non-hydrogen) atoms. The normalized spacial score (nSPS) is 12.4. The lowest BCUT2D eigenvalue weighted by Crippen LogP contribution is -2.22. The van der Waals surface area contributed by atoms with Crippen molar-refractivity contribution in [2.24, 2.45) is 0 Å². The molecular formula is C11H20N2O2. The first-order chi connectivity index (χ1) is 6.95. The number of methoxy groups -OCH3 is 1. The van der Waals surface area contributed by atoms with Gasteiger partial charge in [-0.15, -0.1) is 0 Å². The van der Waals surface area contributed by atoms with E-state index in [1.807, 2.05) is 13.8 Å². The molecule has 0 bridgehead atoms. The summed E-state index contributed by atoms with van der Waals surface area (Å²) in [6.45, 7) is 8.73. The van der Waals surface area contributed by atoms with E-state index in [4.69, 9.17) is 9.15 Å². The Bertz CT molecular complexity index is 305. The fourth-order valence-corrected chi connectivity index (χ4v) is 1.06. The van der Waals surface area contributed by atoms with E-state index in [-0.39, 0.29) is 0 Å². The van der Waals surface area contributed by atoms with Gasteiger partial charge < -0.3 is 14.5 Å². The second-order valence-corrected chi connectivity index (χ2v) is 4.37. The van der Waals surface area contributed by atoms with Gasteiger partial charge in [-0.25, -0.2) is 4.98 Å². The fraction of sp³-hybridized carbons (Fsp3) is 0.727. The number of hydrogen-bond acceptors (Lipinski definition) is 4. The van der Waals surface area contributed by atoms with Crippen LogP contribution in [-0.2, 0) is 16.9 Å². The van der Waals surface area contributed by atoms with Gasteiger partial charge in [0.05, 0.1) is 12.7 Å². The predicted molar refractivity (Wildman–Crippen MR) is 58.5 cm³/mol. The second kappa shape index (κ2) is 4.77. The topological polar surface area (TPSA) is 47.3 Å². The number of aromatic nitrogens is 1. The standard InChI is InChI=1S/C11H20N2O2/c1-8(2)12-7-10-13-6-9(15-10)11(3,4)14-5/h6,8,12H,7H2,1-5H3. The Morgan fingerprint density at radius 3 is 2.73 bits per heavy atom. The van der Waals surface area contributed by atoms with Crippen LogP contribution in [0.5, 0.6) is 0 Å². The first-order valence-corrected chi connectivity index (χ1v) is 5.19. The summed E-state index contributed by atoms with van der Waals surface area (Å²) >= 11 is 0. The molecule has 1 heterocycles. The van der Waals surface area contributed by atoms with Gasteiger partial charge in [-0.1, -0.05) is 13.8 Å². The third-order valence-corrected chi connectivity index (χ3v) is 2.32. The monoisotopic (exact) mass is 212 g/mol. The average molecular weight is 212 g/mol. The van der Waals surface area contributed by atoms with Crippen molar-refractivity contribution in [3.05, 3.63) is 17.8 Å². The van der Waals surface area contributed by atoms with Gasteiger partial charge in [0, 0.05) is 13.2 Å². The maximum absolute atomic E-state index is 5.59. The molecule has 0 aliphatic rings. The zero-order valence-corrected chi connectivity index (χ0v) is 10.1. The Labute approximate surface area is 91.0 Å². The summed E-state index contributed by atoms with van der Waals surface area (Å²) in [6.07, 6.45) is 1.72. The van der Waals surface area contributed by atoms with Crippen LogP contribution >= 0.6 is 0 Å². The van der Waals surface area contributed by atoms with E-state index in [0.717, 1.165) is 5.76 Å². The van der Waals surface area contributed by atoms with E-state index in [2.05, 4.69) is 24.1 Å². The molecular weight excluding hydrogens is 192 g/mol. The van der Waals surface area contributed by atoms with Gasteiger partial charge in [0.1, 0.15) is 5.60 Å². The van der Waals surface area contributed by atoms with Crippen molar-refractivity contribution in [2.45, 2.75) is 45.9 Å². The van der Waals surface area contributed by atoms with Crippen molar-refractivity contribution < 1.29 is 9.15 Å². The van der Waals surface area contributed by atoms with Crippen LogP contribution in [0, 0.1) is 0 Å². The zero-order valence-electron chi connectivity index (χ0n) is 10.1. The highest BCUT2D eigenvalue weighted by molar-refractivity contribution is 5.03. The molecule has 0 spiro atoms. The van der Waals surface area contributed by atoms with Gasteiger partial charge >= 0.3 is 0 Å². The number of nitrogens with one attached hydrogen (secondary N) is 1. The molecule has 4 nitrogen and oxygen atoms in total. The van der Waals surface area contributed by atoms with E-state index >= 15 is 0 Å². The van der Waals surface area contributed by atoms with Crippen LogP contribution in [0.3, 0.4) is 0 Å². The van der Waals surface area contributed by atoms with Gasteiger partial charge in [-0.3, -0.25) is 0 Å². The van der Waals surface area contributed by atoms with Gasteiger partial charge in [-0.2, -0.15) is 0 Å². The molecule has 0 atom stereocenters. The smallest absolute Gasteiger partial charge is 0.208 e. The molecule has 0 radical (unpaired) electrons. The molecule has 0 saturated heterocycles. The molecule has 4 heteroatoms. The molecule has 0 aliphatic heterocycles. The molecule has 1 N–H and O–H groups in total. The number of oxazole rings is 1. The fourth-order valence-electron chi connectivity index (χ4n) is 1.06. The second-order valence-electron chi connectivity index (χ2n) is 4.37. The van der Waals surface area contributed by atoms with Gasteiger partial charge in [-0.05, 0) is 13.8 Å². The van der Waals surface area contributed by atoms with Crippen LogP contribution in [0.15, 0.2) is 10.6 Å². The van der Waals surface area contributed by atoms with Crippen molar-refractivity contribution in [3.8, 4) is 0 Å². The molecule has 0 saturated carbocycles. The predicted octanol–water partition coefficient (Wildman–Crippen LogP) is 2.05.